The van der Waals surface area contributed by atoms with Gasteiger partial charge in [-0.05, 0) is 13.3 Å². The molecule has 0 aromatic heterocycles. The fraction of sp³-hybridized carbons (Fsp3) is 0.889. The first-order chi connectivity index (χ1) is 6.15. The Hall–Kier alpha value is 0.0700. The number of rotatable bonds is 2. The maximum Gasteiger partial charge on any atom is 0.239 e. The minimum absolute atomic E-state index is 0. The van der Waals surface area contributed by atoms with Crippen LogP contribution in [0.4, 0.5) is 0 Å². The quantitative estimate of drug-likeness (QED) is 0.784. The molecule has 0 spiro atoms. The summed E-state index contributed by atoms with van der Waals surface area (Å²) in [6.07, 6.45) is 1.13. The van der Waals surface area contributed by atoms with Crippen LogP contribution in [0.15, 0.2) is 0 Å². The molecule has 0 aliphatic carbocycles. The van der Waals surface area contributed by atoms with Crippen LogP contribution in [-0.4, -0.2) is 40.9 Å². The third kappa shape index (κ3) is 3.67. The Labute approximate surface area is 96.2 Å². The van der Waals surface area contributed by atoms with Crippen LogP contribution in [0.25, 0.3) is 0 Å². The second-order valence-corrected chi connectivity index (χ2v) is 4.88. The molecule has 2 atom stereocenters. The van der Waals surface area contributed by atoms with Crippen molar-refractivity contribution in [1.82, 2.24) is 4.90 Å². The van der Waals surface area contributed by atoms with Gasteiger partial charge in [0, 0.05) is 24.1 Å². The largest absolute Gasteiger partial charge is 0.339 e. The van der Waals surface area contributed by atoms with E-state index in [2.05, 4.69) is 6.92 Å². The summed E-state index contributed by atoms with van der Waals surface area (Å²) in [6, 6.07) is -0.347. The number of halogens is 1. The first-order valence-electron chi connectivity index (χ1n) is 4.81. The van der Waals surface area contributed by atoms with Gasteiger partial charge >= 0.3 is 0 Å². The molecule has 0 radical (unpaired) electrons. The monoisotopic (exact) mass is 238 g/mol. The molecule has 1 amide bonds. The maximum absolute atomic E-state index is 11.6. The van der Waals surface area contributed by atoms with Gasteiger partial charge in [-0.3, -0.25) is 4.79 Å². The lowest BCUT2D eigenvalue weighted by molar-refractivity contribution is -0.132. The minimum Gasteiger partial charge on any atom is -0.339 e. The summed E-state index contributed by atoms with van der Waals surface area (Å²) < 4.78 is 0. The van der Waals surface area contributed by atoms with Gasteiger partial charge in [0.25, 0.3) is 0 Å². The molecule has 84 valence electrons. The maximum atomic E-state index is 11.6. The number of nitrogens with two attached hydrogens (primary N) is 1. The number of amides is 1. The van der Waals surface area contributed by atoms with E-state index in [1.807, 2.05) is 16.7 Å². The number of nitrogens with zero attached hydrogens (tertiary/aromatic N) is 1. The Morgan fingerprint density at radius 3 is 2.86 bits per heavy atom. The molecule has 3 nitrogen and oxygen atoms in total. The number of carbonyl (C=O) groups is 1. The van der Waals surface area contributed by atoms with Crippen LogP contribution in [0.5, 0.6) is 0 Å². The minimum atomic E-state index is -0.347. The van der Waals surface area contributed by atoms with Crippen LogP contribution >= 0.6 is 24.2 Å². The molecule has 0 bridgehead atoms. The summed E-state index contributed by atoms with van der Waals surface area (Å²) in [6.45, 7) is 5.66. The molecular weight excluding hydrogens is 220 g/mol. The number of thioether (sulfide) groups is 1. The molecule has 0 aromatic carbocycles. The first-order valence-corrected chi connectivity index (χ1v) is 5.86. The standard InChI is InChI=1S/C9H18N2OS.ClH/c1-3-8-6-11(4-5-13-8)9(12)7(2)10;/h7-8H,3-6,10H2,1-2H3;1H/t7-,8?;/m1./s1. The summed E-state index contributed by atoms with van der Waals surface area (Å²) in [7, 11) is 0. The van der Waals surface area contributed by atoms with E-state index in [-0.39, 0.29) is 24.4 Å². The van der Waals surface area contributed by atoms with Crippen molar-refractivity contribution in [2.75, 3.05) is 18.8 Å². The Bertz CT molecular complexity index is 190. The molecule has 1 heterocycles. The zero-order valence-corrected chi connectivity index (χ0v) is 10.4. The highest BCUT2D eigenvalue weighted by Crippen LogP contribution is 2.21. The van der Waals surface area contributed by atoms with Crippen LogP contribution in [0.3, 0.4) is 0 Å². The summed E-state index contributed by atoms with van der Waals surface area (Å²) in [5.41, 5.74) is 5.56. The fourth-order valence-electron chi connectivity index (χ4n) is 1.45. The Kier molecular flexibility index (Phi) is 6.57. The molecule has 0 aromatic rings. The SMILES string of the molecule is CCC1CN(C(=O)[C@@H](C)N)CCS1.Cl. The van der Waals surface area contributed by atoms with E-state index < -0.39 is 0 Å². The highest BCUT2D eigenvalue weighted by Gasteiger charge is 2.24. The smallest absolute Gasteiger partial charge is 0.239 e. The molecule has 2 N–H and O–H groups in total. The predicted octanol–water partition coefficient (Wildman–Crippen LogP) is 1.11. The van der Waals surface area contributed by atoms with Gasteiger partial charge in [0.1, 0.15) is 0 Å². The van der Waals surface area contributed by atoms with E-state index >= 15 is 0 Å². The second-order valence-electron chi connectivity index (χ2n) is 3.47. The van der Waals surface area contributed by atoms with E-state index in [0.717, 1.165) is 25.3 Å². The van der Waals surface area contributed by atoms with E-state index in [4.69, 9.17) is 5.73 Å². The van der Waals surface area contributed by atoms with Gasteiger partial charge in [-0.15, -0.1) is 12.4 Å². The van der Waals surface area contributed by atoms with E-state index in [1.165, 1.54) is 0 Å². The van der Waals surface area contributed by atoms with Crippen LogP contribution in [0.1, 0.15) is 20.3 Å². The van der Waals surface area contributed by atoms with Gasteiger partial charge in [0.05, 0.1) is 6.04 Å². The van der Waals surface area contributed by atoms with Crippen molar-refractivity contribution >= 4 is 30.1 Å². The molecule has 1 saturated heterocycles. The highest BCUT2D eigenvalue weighted by molar-refractivity contribution is 8.00. The first kappa shape index (κ1) is 14.1. The lowest BCUT2D eigenvalue weighted by Gasteiger charge is -2.32. The van der Waals surface area contributed by atoms with Crippen molar-refractivity contribution in [3.05, 3.63) is 0 Å². The zero-order chi connectivity index (χ0) is 9.84. The van der Waals surface area contributed by atoms with E-state index in [1.54, 1.807) is 6.92 Å². The molecule has 1 rings (SSSR count). The van der Waals surface area contributed by atoms with Crippen molar-refractivity contribution in [2.24, 2.45) is 5.73 Å². The Morgan fingerprint density at radius 1 is 1.71 bits per heavy atom. The van der Waals surface area contributed by atoms with Gasteiger partial charge < -0.3 is 10.6 Å². The summed E-state index contributed by atoms with van der Waals surface area (Å²) in [4.78, 5) is 13.4. The van der Waals surface area contributed by atoms with E-state index in [9.17, 15) is 4.79 Å². The number of hydrogen-bond donors (Lipinski definition) is 1. The fourth-order valence-corrected chi connectivity index (χ4v) is 2.63. The Morgan fingerprint density at radius 2 is 2.36 bits per heavy atom. The topological polar surface area (TPSA) is 46.3 Å². The van der Waals surface area contributed by atoms with Gasteiger partial charge in [0.15, 0.2) is 0 Å². The molecular formula is C9H19ClN2OS. The van der Waals surface area contributed by atoms with Crippen molar-refractivity contribution in [1.29, 1.82) is 0 Å². The summed E-state index contributed by atoms with van der Waals surface area (Å²) in [5, 5.41) is 0.608. The van der Waals surface area contributed by atoms with Crippen molar-refractivity contribution in [3.8, 4) is 0 Å². The van der Waals surface area contributed by atoms with Crippen molar-refractivity contribution < 1.29 is 4.79 Å². The van der Waals surface area contributed by atoms with E-state index in [0.29, 0.717) is 5.25 Å². The molecule has 1 unspecified atom stereocenters. The zero-order valence-electron chi connectivity index (χ0n) is 8.73. The summed E-state index contributed by atoms with van der Waals surface area (Å²) >= 11 is 1.96. The average Bonchev–Trinajstić information content (AvgIpc) is 2.16. The molecule has 14 heavy (non-hydrogen) atoms. The van der Waals surface area contributed by atoms with Gasteiger partial charge in [-0.25, -0.2) is 0 Å². The number of hydrogen-bond acceptors (Lipinski definition) is 3. The lowest BCUT2D eigenvalue weighted by Crippen LogP contribution is -2.48. The van der Waals surface area contributed by atoms with Crippen molar-refractivity contribution in [2.45, 2.75) is 31.6 Å². The molecule has 1 aliphatic rings. The van der Waals surface area contributed by atoms with Gasteiger partial charge in [-0.1, -0.05) is 6.92 Å². The average molecular weight is 239 g/mol. The molecule has 5 heteroatoms. The normalized spacial score (nSPS) is 23.9. The highest BCUT2D eigenvalue weighted by atomic mass is 35.5. The third-order valence-corrected chi connectivity index (χ3v) is 3.67. The molecule has 1 fully saturated rings. The van der Waals surface area contributed by atoms with Crippen molar-refractivity contribution in [3.63, 3.8) is 0 Å². The predicted molar refractivity (Wildman–Crippen MR) is 64.0 cm³/mol. The molecule has 0 saturated carbocycles. The molecule has 1 aliphatic heterocycles. The van der Waals surface area contributed by atoms with Gasteiger partial charge in [-0.2, -0.15) is 11.8 Å². The van der Waals surface area contributed by atoms with Crippen LogP contribution in [0, 0.1) is 0 Å². The Balaban J connectivity index is 0.00000169. The van der Waals surface area contributed by atoms with Crippen LogP contribution in [-0.2, 0) is 4.79 Å². The summed E-state index contributed by atoms with van der Waals surface area (Å²) in [5.74, 6) is 1.15. The third-order valence-electron chi connectivity index (χ3n) is 2.30. The van der Waals surface area contributed by atoms with Crippen LogP contribution in [0.2, 0.25) is 0 Å². The van der Waals surface area contributed by atoms with Gasteiger partial charge in [0.2, 0.25) is 5.91 Å². The number of carbonyl (C=O) groups excluding carboxylic acids is 1. The lowest BCUT2D eigenvalue weighted by atomic mass is 10.2. The van der Waals surface area contributed by atoms with Crippen LogP contribution < -0.4 is 5.73 Å². The second kappa shape index (κ2) is 6.53.